The van der Waals surface area contributed by atoms with E-state index in [1.54, 1.807) is 0 Å². The SMILES string of the molecule is CC(=O)OC(C)C[N+](C)(C)C.CCCC[N+](CC)(CCC)CC(C)OC(C)=O.CCC[N+](CC)(CCC)CC(C)OC(C)=O.CC[N+](CC)(CC)CC(C)OC(C)=O. The molecule has 0 aromatic heterocycles. The second kappa shape index (κ2) is 34.4. The van der Waals surface area contributed by atoms with Crippen LogP contribution in [-0.4, -0.2) is 172 Å². The van der Waals surface area contributed by atoms with Crippen LogP contribution in [0.5, 0.6) is 0 Å². The summed E-state index contributed by atoms with van der Waals surface area (Å²) in [7, 11) is 6.21. The van der Waals surface area contributed by atoms with Crippen LogP contribution in [-0.2, 0) is 38.1 Å². The molecule has 0 radical (unpaired) electrons. The predicted octanol–water partition coefficient (Wildman–Crippen LogP) is 8.04. The van der Waals surface area contributed by atoms with Crippen LogP contribution in [0.3, 0.4) is 0 Å². The summed E-state index contributed by atoms with van der Waals surface area (Å²) in [6.07, 6.45) is 6.10. The van der Waals surface area contributed by atoms with Crippen molar-refractivity contribution in [1.29, 1.82) is 0 Å². The third-order valence-electron chi connectivity index (χ3n) is 10.6. The Labute approximate surface area is 359 Å². The summed E-state index contributed by atoms with van der Waals surface area (Å²) >= 11 is 0. The van der Waals surface area contributed by atoms with Crippen LogP contribution in [0.15, 0.2) is 0 Å². The smallest absolute Gasteiger partial charge is 0.303 e. The zero-order chi connectivity index (χ0) is 46.2. The number of rotatable bonds is 26. The maximum Gasteiger partial charge on any atom is 0.303 e. The molecule has 0 bridgehead atoms. The molecule has 0 aliphatic heterocycles. The van der Waals surface area contributed by atoms with Crippen LogP contribution in [0.25, 0.3) is 0 Å². The van der Waals surface area contributed by atoms with Gasteiger partial charge in [0.25, 0.3) is 0 Å². The fourth-order valence-corrected chi connectivity index (χ4v) is 8.14. The molecule has 0 saturated heterocycles. The third-order valence-corrected chi connectivity index (χ3v) is 10.6. The average Bonchev–Trinajstić information content (AvgIpc) is 3.08. The van der Waals surface area contributed by atoms with Gasteiger partial charge in [-0.25, -0.2) is 0 Å². The number of unbranched alkanes of at least 4 members (excludes halogenated alkanes) is 1. The maximum absolute atomic E-state index is 11.0. The molecule has 0 aromatic rings. The predicted molar refractivity (Wildman–Crippen MR) is 241 cm³/mol. The molecule has 0 saturated carbocycles. The van der Waals surface area contributed by atoms with Crippen molar-refractivity contribution in [2.24, 2.45) is 0 Å². The number of likely N-dealkylation sites (N-methyl/N-ethyl adjacent to an activating group) is 4. The van der Waals surface area contributed by atoms with Gasteiger partial charge in [-0.15, -0.1) is 0 Å². The van der Waals surface area contributed by atoms with Crippen molar-refractivity contribution in [3.63, 3.8) is 0 Å². The van der Waals surface area contributed by atoms with Crippen molar-refractivity contribution < 1.29 is 56.1 Å². The van der Waals surface area contributed by atoms with Crippen LogP contribution in [0, 0.1) is 0 Å². The van der Waals surface area contributed by atoms with Crippen LogP contribution >= 0.6 is 0 Å². The summed E-state index contributed by atoms with van der Waals surface area (Å²) in [6, 6.07) is 0. The lowest BCUT2D eigenvalue weighted by molar-refractivity contribution is -0.929. The first-order valence-electron chi connectivity index (χ1n) is 22.8. The molecule has 0 amide bonds. The highest BCUT2D eigenvalue weighted by Gasteiger charge is 2.29. The number of carbonyl (C=O) groups excluding carboxylic acids is 4. The molecular weight excluding hydrogens is 737 g/mol. The van der Waals surface area contributed by atoms with Crippen LogP contribution in [0.2, 0.25) is 0 Å². The zero-order valence-corrected chi connectivity index (χ0v) is 42.1. The summed E-state index contributed by atoms with van der Waals surface area (Å²) in [5.41, 5.74) is 0. The van der Waals surface area contributed by atoms with E-state index >= 15 is 0 Å². The van der Waals surface area contributed by atoms with Gasteiger partial charge >= 0.3 is 23.9 Å². The van der Waals surface area contributed by atoms with Gasteiger partial charge in [0.05, 0.1) is 80.0 Å². The second-order valence-electron chi connectivity index (χ2n) is 17.6. The lowest BCUT2D eigenvalue weighted by Gasteiger charge is -2.39. The van der Waals surface area contributed by atoms with E-state index in [-0.39, 0.29) is 48.3 Å². The number of ether oxygens (including phenoxy) is 4. The molecule has 0 heterocycles. The Balaban J connectivity index is -0.000000339. The first-order chi connectivity index (χ1) is 26.8. The molecule has 0 aliphatic rings. The summed E-state index contributed by atoms with van der Waals surface area (Å²) < 4.78 is 24.6. The number of carbonyl (C=O) groups is 4. The highest BCUT2D eigenvalue weighted by atomic mass is 16.6. The van der Waals surface area contributed by atoms with Crippen LogP contribution in [0.4, 0.5) is 0 Å². The summed E-state index contributed by atoms with van der Waals surface area (Å²) in [5.74, 6) is -0.724. The number of hydrogen-bond acceptors (Lipinski definition) is 8. The van der Waals surface area contributed by atoms with Crippen molar-refractivity contribution in [2.45, 2.75) is 174 Å². The van der Waals surface area contributed by atoms with Gasteiger partial charge in [-0.2, -0.15) is 0 Å². The van der Waals surface area contributed by atoms with E-state index in [9.17, 15) is 19.2 Å². The van der Waals surface area contributed by atoms with Crippen LogP contribution in [0.1, 0.15) is 150 Å². The molecule has 0 spiro atoms. The normalized spacial score (nSPS) is 14.6. The molecule has 12 nitrogen and oxygen atoms in total. The lowest BCUT2D eigenvalue weighted by atomic mass is 10.2. The molecule has 0 aromatic carbocycles. The van der Waals surface area contributed by atoms with Gasteiger partial charge in [-0.05, 0) is 88.0 Å². The highest BCUT2D eigenvalue weighted by Crippen LogP contribution is 2.15. The minimum absolute atomic E-state index is 0.00694. The Bertz CT molecular complexity index is 1050. The van der Waals surface area contributed by atoms with Gasteiger partial charge in [0.1, 0.15) is 50.6 Å². The summed E-state index contributed by atoms with van der Waals surface area (Å²) in [4.78, 5) is 43.2. The molecular formula is C46H100N4O8+4. The van der Waals surface area contributed by atoms with E-state index in [0.29, 0.717) is 0 Å². The summed E-state index contributed by atoms with van der Waals surface area (Å²) in [6.45, 7) is 47.6. The van der Waals surface area contributed by atoms with Crippen LogP contribution < -0.4 is 0 Å². The van der Waals surface area contributed by atoms with Crippen molar-refractivity contribution in [3.05, 3.63) is 0 Å². The van der Waals surface area contributed by atoms with Crippen molar-refractivity contribution in [3.8, 4) is 0 Å². The molecule has 0 aliphatic carbocycles. The van der Waals surface area contributed by atoms with Gasteiger partial charge in [-0.1, -0.05) is 34.1 Å². The Kier molecular flexibility index (Phi) is 37.0. The van der Waals surface area contributed by atoms with E-state index in [0.717, 1.165) is 76.8 Å². The molecule has 0 N–H and O–H groups in total. The monoisotopic (exact) mass is 837 g/mol. The topological polar surface area (TPSA) is 105 Å². The van der Waals surface area contributed by atoms with Gasteiger partial charge in [0.2, 0.25) is 0 Å². The fourth-order valence-electron chi connectivity index (χ4n) is 8.14. The summed E-state index contributed by atoms with van der Waals surface area (Å²) in [5, 5.41) is 0. The van der Waals surface area contributed by atoms with Gasteiger partial charge < -0.3 is 36.9 Å². The average molecular weight is 837 g/mol. The third kappa shape index (κ3) is 34.6. The number of nitrogens with zero attached hydrogens (tertiary/aromatic N) is 4. The number of hydrogen-bond donors (Lipinski definition) is 0. The van der Waals surface area contributed by atoms with E-state index in [1.807, 2.05) is 27.7 Å². The molecule has 348 valence electrons. The first-order valence-corrected chi connectivity index (χ1v) is 22.8. The van der Waals surface area contributed by atoms with Crippen molar-refractivity contribution >= 4 is 23.9 Å². The molecule has 5 unspecified atom stereocenters. The molecule has 0 fully saturated rings. The molecule has 5 atom stereocenters. The Morgan fingerprint density at radius 3 is 0.828 bits per heavy atom. The number of esters is 4. The minimum Gasteiger partial charge on any atom is -0.457 e. The molecule has 58 heavy (non-hydrogen) atoms. The first kappa shape index (κ1) is 62.4. The van der Waals surface area contributed by atoms with E-state index in [1.165, 1.54) is 86.0 Å². The highest BCUT2D eigenvalue weighted by molar-refractivity contribution is 5.67. The minimum atomic E-state index is -0.203. The fraction of sp³-hybridized carbons (Fsp3) is 0.913. The van der Waals surface area contributed by atoms with E-state index in [4.69, 9.17) is 18.9 Å². The second-order valence-corrected chi connectivity index (χ2v) is 17.6. The zero-order valence-electron chi connectivity index (χ0n) is 42.1. The maximum atomic E-state index is 11.0. The van der Waals surface area contributed by atoms with Gasteiger partial charge in [0, 0.05) is 27.7 Å². The Hall–Kier alpha value is -2.28. The van der Waals surface area contributed by atoms with Gasteiger partial charge in [-0.3, -0.25) is 19.2 Å². The van der Waals surface area contributed by atoms with E-state index < -0.39 is 0 Å². The van der Waals surface area contributed by atoms with Crippen molar-refractivity contribution in [2.75, 3.05) is 106 Å². The van der Waals surface area contributed by atoms with E-state index in [2.05, 4.69) is 83.5 Å². The lowest BCUT2D eigenvalue weighted by Crippen LogP contribution is -2.53. The van der Waals surface area contributed by atoms with Gasteiger partial charge in [0.15, 0.2) is 0 Å². The molecule has 0 rings (SSSR count). The molecule has 12 heteroatoms. The Morgan fingerprint density at radius 2 is 0.621 bits per heavy atom. The number of quaternary nitrogens is 4. The standard InChI is InChI=1S/C14H30NO2.C13H28NO2.C11H24NO2.C8H18NO2/c1-6-9-11-15(8-3,10-7-2)12-13(4)17-14(5)16;1-6-9-14(8-3,10-7-2)11-12(4)16-13(5)15;1-6-12(7-2,8-3)9-10(4)14-11(5)13;1-7(11-8(2)10)6-9(3,4)5/h13H,6-12H2,1-5H3;12H,6-11H2,1-5H3;10H,6-9H2,1-5H3;7H,6H2,1-5H3/q4*+1. The quantitative estimate of drug-likeness (QED) is 0.0490. The largest absolute Gasteiger partial charge is 0.457 e. The Morgan fingerprint density at radius 1 is 0.379 bits per heavy atom. The van der Waals surface area contributed by atoms with Crippen molar-refractivity contribution in [1.82, 2.24) is 0 Å².